The molecule has 4 aromatic carbocycles. The third kappa shape index (κ3) is 6.25. The molecule has 0 aliphatic carbocycles. The van der Waals surface area contributed by atoms with Gasteiger partial charge in [0.2, 0.25) is 0 Å². The van der Waals surface area contributed by atoms with E-state index in [-0.39, 0.29) is 25.0 Å². The molecule has 8 nitrogen and oxygen atoms in total. The number of carbonyl (C=O) groups excluding carboxylic acids is 3. The highest BCUT2D eigenvalue weighted by Crippen LogP contribution is 2.47. The van der Waals surface area contributed by atoms with Gasteiger partial charge < -0.3 is 25.7 Å². The van der Waals surface area contributed by atoms with Gasteiger partial charge in [0.15, 0.2) is 5.60 Å². The molecule has 0 radical (unpaired) electrons. The maximum Gasteiger partial charge on any atom is 0.264 e. The number of aliphatic hydroxyl groups excluding tert-OH is 1. The molecule has 0 aromatic heterocycles. The Labute approximate surface area is 250 Å². The number of hydrogen-bond donors (Lipinski definition) is 4. The normalized spacial score (nSPS) is 16.6. The Hall–Kier alpha value is -5.05. The van der Waals surface area contributed by atoms with Crippen molar-refractivity contribution in [3.8, 4) is 0 Å². The first-order chi connectivity index (χ1) is 20.8. The Balaban J connectivity index is 1.41. The number of aliphatic hydroxyl groups is 2. The van der Waals surface area contributed by atoms with Gasteiger partial charge in [0.05, 0.1) is 12.2 Å². The van der Waals surface area contributed by atoms with E-state index in [2.05, 4.69) is 10.6 Å². The standard InChI is InChI=1S/C35H33N3O5/c1-24(10-8-9-21-39)35(43)30-22-29(37-33(41)27-13-6-3-7-14-27)19-20-31(30)38(34(35)42)23-25-15-17-28(18-16-25)36-32(40)26-11-4-2-5-12-26/h2-8,10-20,22,24,39,43H,9,21,23H2,1H3,(H,36,40)(H,37,41)/b10-8+/t24-,35+/m1/s1. The molecule has 0 bridgehead atoms. The number of nitrogens with one attached hydrogen (secondary N) is 2. The average molecular weight is 576 g/mol. The molecule has 0 saturated carbocycles. The lowest BCUT2D eigenvalue weighted by Gasteiger charge is -2.28. The zero-order chi connectivity index (χ0) is 30.4. The van der Waals surface area contributed by atoms with Gasteiger partial charge >= 0.3 is 0 Å². The molecule has 1 heterocycles. The molecule has 0 fully saturated rings. The Morgan fingerprint density at radius 2 is 1.40 bits per heavy atom. The number of carbonyl (C=O) groups is 3. The zero-order valence-electron chi connectivity index (χ0n) is 23.7. The summed E-state index contributed by atoms with van der Waals surface area (Å²) in [4.78, 5) is 40.8. The monoisotopic (exact) mass is 575 g/mol. The topological polar surface area (TPSA) is 119 Å². The van der Waals surface area contributed by atoms with E-state index < -0.39 is 17.4 Å². The van der Waals surface area contributed by atoms with Gasteiger partial charge in [0.1, 0.15) is 0 Å². The Kier molecular flexibility index (Phi) is 8.80. The minimum atomic E-state index is -1.89. The van der Waals surface area contributed by atoms with Crippen LogP contribution in [0.5, 0.6) is 0 Å². The molecule has 8 heteroatoms. The molecule has 0 spiro atoms. The average Bonchev–Trinajstić information content (AvgIpc) is 3.25. The van der Waals surface area contributed by atoms with Crippen LogP contribution in [0.25, 0.3) is 0 Å². The van der Waals surface area contributed by atoms with Crippen molar-refractivity contribution in [3.63, 3.8) is 0 Å². The fraction of sp³-hybridized carbons (Fsp3) is 0.171. The lowest BCUT2D eigenvalue weighted by molar-refractivity contribution is -0.139. The maximum atomic E-state index is 13.9. The van der Waals surface area contributed by atoms with E-state index in [9.17, 15) is 24.6 Å². The van der Waals surface area contributed by atoms with Crippen LogP contribution in [0.15, 0.2) is 115 Å². The fourth-order valence-electron chi connectivity index (χ4n) is 5.16. The van der Waals surface area contributed by atoms with Gasteiger partial charge in [-0.15, -0.1) is 0 Å². The van der Waals surface area contributed by atoms with Crippen molar-refractivity contribution in [2.24, 2.45) is 5.92 Å². The van der Waals surface area contributed by atoms with Gasteiger partial charge in [0, 0.05) is 40.6 Å². The number of fused-ring (bicyclic) bond motifs is 1. The number of benzene rings is 4. The van der Waals surface area contributed by atoms with Crippen LogP contribution in [0, 0.1) is 5.92 Å². The first-order valence-electron chi connectivity index (χ1n) is 14.1. The molecule has 2 atom stereocenters. The van der Waals surface area contributed by atoms with Crippen molar-refractivity contribution in [1.29, 1.82) is 0 Å². The van der Waals surface area contributed by atoms with Crippen molar-refractivity contribution < 1.29 is 24.6 Å². The lowest BCUT2D eigenvalue weighted by Crippen LogP contribution is -2.44. The molecular formula is C35H33N3O5. The highest BCUT2D eigenvalue weighted by atomic mass is 16.3. The quantitative estimate of drug-likeness (QED) is 0.186. The van der Waals surface area contributed by atoms with Crippen molar-refractivity contribution in [2.75, 3.05) is 22.1 Å². The van der Waals surface area contributed by atoms with Crippen LogP contribution in [-0.2, 0) is 16.9 Å². The summed E-state index contributed by atoms with van der Waals surface area (Å²) < 4.78 is 0. The molecule has 43 heavy (non-hydrogen) atoms. The van der Waals surface area contributed by atoms with E-state index in [1.165, 1.54) is 4.90 Å². The van der Waals surface area contributed by atoms with E-state index in [0.717, 1.165) is 5.56 Å². The van der Waals surface area contributed by atoms with Crippen LogP contribution in [0.2, 0.25) is 0 Å². The summed E-state index contributed by atoms with van der Waals surface area (Å²) in [7, 11) is 0. The number of hydrogen-bond acceptors (Lipinski definition) is 5. The van der Waals surface area contributed by atoms with Crippen LogP contribution in [0.3, 0.4) is 0 Å². The van der Waals surface area contributed by atoms with Gasteiger partial charge in [-0.25, -0.2) is 0 Å². The number of amides is 3. The second-order valence-corrected chi connectivity index (χ2v) is 10.5. The largest absolute Gasteiger partial charge is 0.396 e. The predicted molar refractivity (Wildman–Crippen MR) is 167 cm³/mol. The summed E-state index contributed by atoms with van der Waals surface area (Å²) in [6, 6.07) is 30.0. The zero-order valence-corrected chi connectivity index (χ0v) is 23.7. The van der Waals surface area contributed by atoms with Crippen LogP contribution < -0.4 is 15.5 Å². The second kappa shape index (κ2) is 12.9. The van der Waals surface area contributed by atoms with Crippen molar-refractivity contribution >= 4 is 34.8 Å². The van der Waals surface area contributed by atoms with Gasteiger partial charge in [-0.2, -0.15) is 0 Å². The van der Waals surface area contributed by atoms with E-state index in [4.69, 9.17) is 0 Å². The lowest BCUT2D eigenvalue weighted by atomic mass is 9.82. The summed E-state index contributed by atoms with van der Waals surface area (Å²) in [5.74, 6) is -1.64. The molecule has 0 unspecified atom stereocenters. The molecule has 4 N–H and O–H groups in total. The summed E-state index contributed by atoms with van der Waals surface area (Å²) in [5.41, 5.74) is 1.93. The van der Waals surface area contributed by atoms with Crippen molar-refractivity contribution in [1.82, 2.24) is 0 Å². The van der Waals surface area contributed by atoms with E-state index in [0.29, 0.717) is 40.2 Å². The Morgan fingerprint density at radius 1 is 0.837 bits per heavy atom. The highest BCUT2D eigenvalue weighted by molar-refractivity contribution is 6.09. The summed E-state index contributed by atoms with van der Waals surface area (Å²) in [6.07, 6.45) is 3.86. The van der Waals surface area contributed by atoms with Gasteiger partial charge in [-0.3, -0.25) is 14.4 Å². The third-order valence-corrected chi connectivity index (χ3v) is 7.53. The van der Waals surface area contributed by atoms with Gasteiger partial charge in [-0.05, 0) is 66.6 Å². The van der Waals surface area contributed by atoms with E-state index >= 15 is 0 Å². The van der Waals surface area contributed by atoms with Gasteiger partial charge in [0.25, 0.3) is 17.7 Å². The Morgan fingerprint density at radius 3 is 1.98 bits per heavy atom. The van der Waals surface area contributed by atoms with Gasteiger partial charge in [-0.1, -0.05) is 67.6 Å². The molecule has 3 amide bonds. The maximum absolute atomic E-state index is 13.9. The van der Waals surface area contributed by atoms with Crippen LogP contribution in [0.4, 0.5) is 17.1 Å². The molecular weight excluding hydrogens is 542 g/mol. The van der Waals surface area contributed by atoms with Crippen molar-refractivity contribution in [2.45, 2.75) is 25.5 Å². The highest BCUT2D eigenvalue weighted by Gasteiger charge is 2.52. The number of nitrogens with zero attached hydrogens (tertiary/aromatic N) is 1. The fourth-order valence-corrected chi connectivity index (χ4v) is 5.16. The first kappa shape index (κ1) is 29.4. The Bertz CT molecular complexity index is 1640. The smallest absolute Gasteiger partial charge is 0.264 e. The predicted octanol–water partition coefficient (Wildman–Crippen LogP) is 5.50. The summed E-state index contributed by atoms with van der Waals surface area (Å²) in [5, 5.41) is 26.9. The minimum Gasteiger partial charge on any atom is -0.396 e. The van der Waals surface area contributed by atoms with Crippen LogP contribution in [-0.4, -0.2) is 34.5 Å². The number of anilines is 3. The summed E-state index contributed by atoms with van der Waals surface area (Å²) >= 11 is 0. The molecule has 0 saturated heterocycles. The minimum absolute atomic E-state index is 0.0459. The molecule has 1 aliphatic heterocycles. The van der Waals surface area contributed by atoms with E-state index in [1.54, 1.807) is 97.9 Å². The second-order valence-electron chi connectivity index (χ2n) is 10.5. The van der Waals surface area contributed by atoms with Crippen LogP contribution in [0.1, 0.15) is 45.2 Å². The number of rotatable bonds is 10. The molecule has 218 valence electrons. The molecule has 4 aromatic rings. The van der Waals surface area contributed by atoms with E-state index in [1.807, 2.05) is 24.3 Å². The molecule has 5 rings (SSSR count). The SMILES string of the molecule is C[C@H](/C=C/CCO)[C@@]1(O)C(=O)N(Cc2ccc(NC(=O)c3ccccc3)cc2)c2ccc(NC(=O)c3ccccc3)cc21. The van der Waals surface area contributed by atoms with Crippen LogP contribution >= 0.6 is 0 Å². The molecule has 1 aliphatic rings. The van der Waals surface area contributed by atoms with Crippen molar-refractivity contribution in [3.05, 3.63) is 138 Å². The third-order valence-electron chi connectivity index (χ3n) is 7.53. The first-order valence-corrected chi connectivity index (χ1v) is 14.1. The summed E-state index contributed by atoms with van der Waals surface area (Å²) in [6.45, 7) is 1.89.